The quantitative estimate of drug-likeness (QED) is 0.740. The van der Waals surface area contributed by atoms with Gasteiger partial charge in [-0.15, -0.1) is 0 Å². The lowest BCUT2D eigenvalue weighted by Gasteiger charge is -2.08. The molecule has 0 aliphatic rings. The first kappa shape index (κ1) is 12.8. The molecule has 1 N–H and O–H groups in total. The number of hydrogen-bond donors (Lipinski definition) is 1. The fraction of sp³-hybridized carbons (Fsp3) is 0.222. The molecule has 0 unspecified atom stereocenters. The molecule has 0 saturated carbocycles. The highest BCUT2D eigenvalue weighted by Gasteiger charge is 2.03. The Morgan fingerprint density at radius 1 is 0.950 bits per heavy atom. The Bertz CT molecular complexity index is 708. The molecule has 0 spiro atoms. The molecule has 1 aromatic heterocycles. The molecule has 3 rings (SSSR count). The molecule has 0 bridgehead atoms. The fourth-order valence-electron chi connectivity index (χ4n) is 2.61. The van der Waals surface area contributed by atoms with Crippen LogP contribution < -0.4 is 5.32 Å². The van der Waals surface area contributed by atoms with Crippen LogP contribution in [-0.2, 0) is 6.54 Å². The number of aryl methyl sites for hydroxylation is 2. The number of hydrogen-bond acceptors (Lipinski definition) is 1. The van der Waals surface area contributed by atoms with Gasteiger partial charge in [0.1, 0.15) is 0 Å². The van der Waals surface area contributed by atoms with Crippen molar-refractivity contribution in [1.82, 2.24) is 4.57 Å². The van der Waals surface area contributed by atoms with Crippen molar-refractivity contribution in [3.63, 3.8) is 0 Å². The smallest absolute Gasteiger partial charge is 0.0483 e. The zero-order valence-corrected chi connectivity index (χ0v) is 12.1. The monoisotopic (exact) mass is 264 g/mol. The van der Waals surface area contributed by atoms with Crippen molar-refractivity contribution in [1.29, 1.82) is 0 Å². The molecule has 0 aliphatic heterocycles. The topological polar surface area (TPSA) is 17.0 Å². The van der Waals surface area contributed by atoms with E-state index in [0.717, 1.165) is 13.1 Å². The number of anilines is 1. The van der Waals surface area contributed by atoms with E-state index in [1.165, 1.54) is 27.7 Å². The van der Waals surface area contributed by atoms with Crippen LogP contribution in [0.15, 0.2) is 54.7 Å². The van der Waals surface area contributed by atoms with Crippen LogP contribution in [0, 0.1) is 13.8 Å². The van der Waals surface area contributed by atoms with E-state index in [1.54, 1.807) is 0 Å². The SMILES string of the molecule is Cc1ccc(NCCn2cc(C)c3ccccc32)cc1. The second kappa shape index (κ2) is 5.41. The lowest BCUT2D eigenvalue weighted by molar-refractivity contribution is 0.755. The second-order valence-electron chi connectivity index (χ2n) is 5.32. The third kappa shape index (κ3) is 2.55. The minimum atomic E-state index is 0.932. The zero-order chi connectivity index (χ0) is 13.9. The van der Waals surface area contributed by atoms with E-state index >= 15 is 0 Å². The van der Waals surface area contributed by atoms with Crippen molar-refractivity contribution in [3.05, 3.63) is 65.9 Å². The summed E-state index contributed by atoms with van der Waals surface area (Å²) in [5.41, 5.74) is 5.14. The van der Waals surface area contributed by atoms with E-state index in [9.17, 15) is 0 Å². The van der Waals surface area contributed by atoms with Crippen molar-refractivity contribution in [3.8, 4) is 0 Å². The summed E-state index contributed by atoms with van der Waals surface area (Å²) in [5.74, 6) is 0. The normalized spacial score (nSPS) is 10.9. The van der Waals surface area contributed by atoms with Crippen LogP contribution in [0.5, 0.6) is 0 Å². The Morgan fingerprint density at radius 3 is 2.50 bits per heavy atom. The molecule has 2 aromatic carbocycles. The van der Waals surface area contributed by atoms with Gasteiger partial charge in [0.25, 0.3) is 0 Å². The van der Waals surface area contributed by atoms with E-state index in [-0.39, 0.29) is 0 Å². The summed E-state index contributed by atoms with van der Waals surface area (Å²) in [7, 11) is 0. The van der Waals surface area contributed by atoms with Gasteiger partial charge in [0.15, 0.2) is 0 Å². The van der Waals surface area contributed by atoms with Crippen molar-refractivity contribution in [2.45, 2.75) is 20.4 Å². The Morgan fingerprint density at radius 2 is 1.70 bits per heavy atom. The predicted octanol–water partition coefficient (Wildman–Crippen LogP) is 4.37. The van der Waals surface area contributed by atoms with Gasteiger partial charge in [-0.1, -0.05) is 35.9 Å². The zero-order valence-electron chi connectivity index (χ0n) is 12.1. The summed E-state index contributed by atoms with van der Waals surface area (Å²) < 4.78 is 2.33. The van der Waals surface area contributed by atoms with E-state index < -0.39 is 0 Å². The second-order valence-corrected chi connectivity index (χ2v) is 5.32. The molecule has 1 heterocycles. The maximum atomic E-state index is 3.47. The minimum Gasteiger partial charge on any atom is -0.383 e. The number of nitrogens with zero attached hydrogens (tertiary/aromatic N) is 1. The van der Waals surface area contributed by atoms with Gasteiger partial charge < -0.3 is 9.88 Å². The molecule has 0 amide bonds. The molecule has 0 radical (unpaired) electrons. The highest BCUT2D eigenvalue weighted by Crippen LogP contribution is 2.20. The van der Waals surface area contributed by atoms with Crippen LogP contribution in [0.4, 0.5) is 5.69 Å². The van der Waals surface area contributed by atoms with Gasteiger partial charge in [-0.3, -0.25) is 0 Å². The molecule has 0 saturated heterocycles. The summed E-state index contributed by atoms with van der Waals surface area (Å²) >= 11 is 0. The van der Waals surface area contributed by atoms with Crippen LogP contribution in [-0.4, -0.2) is 11.1 Å². The van der Waals surface area contributed by atoms with E-state index in [1.807, 2.05) is 0 Å². The van der Waals surface area contributed by atoms with Crippen molar-refractivity contribution in [2.75, 3.05) is 11.9 Å². The largest absolute Gasteiger partial charge is 0.383 e. The number of fused-ring (bicyclic) bond motifs is 1. The van der Waals surface area contributed by atoms with Gasteiger partial charge in [-0.25, -0.2) is 0 Å². The summed E-state index contributed by atoms with van der Waals surface area (Å²) in [4.78, 5) is 0. The Hall–Kier alpha value is -2.22. The van der Waals surface area contributed by atoms with Crippen LogP contribution in [0.3, 0.4) is 0 Å². The van der Waals surface area contributed by atoms with Crippen molar-refractivity contribution in [2.24, 2.45) is 0 Å². The number of rotatable bonds is 4. The Kier molecular flexibility index (Phi) is 3.46. The van der Waals surface area contributed by atoms with Crippen LogP contribution >= 0.6 is 0 Å². The van der Waals surface area contributed by atoms with E-state index in [4.69, 9.17) is 0 Å². The summed E-state index contributed by atoms with van der Waals surface area (Å²) in [6.45, 7) is 6.19. The van der Waals surface area contributed by atoms with E-state index in [0.29, 0.717) is 0 Å². The maximum Gasteiger partial charge on any atom is 0.0483 e. The summed E-state index contributed by atoms with van der Waals surface area (Å²) in [6, 6.07) is 17.1. The van der Waals surface area contributed by atoms with Gasteiger partial charge in [0.05, 0.1) is 0 Å². The third-order valence-corrected chi connectivity index (χ3v) is 3.72. The first-order valence-corrected chi connectivity index (χ1v) is 7.09. The minimum absolute atomic E-state index is 0.932. The first-order chi connectivity index (χ1) is 9.74. The van der Waals surface area contributed by atoms with Gasteiger partial charge in [-0.2, -0.15) is 0 Å². The highest BCUT2D eigenvalue weighted by molar-refractivity contribution is 5.83. The van der Waals surface area contributed by atoms with Gasteiger partial charge in [-0.05, 0) is 37.6 Å². The van der Waals surface area contributed by atoms with E-state index in [2.05, 4.69) is 78.5 Å². The molecular weight excluding hydrogens is 244 g/mol. The number of benzene rings is 2. The average molecular weight is 264 g/mol. The van der Waals surface area contributed by atoms with Crippen LogP contribution in [0.1, 0.15) is 11.1 Å². The molecule has 0 atom stereocenters. The third-order valence-electron chi connectivity index (χ3n) is 3.72. The molecule has 20 heavy (non-hydrogen) atoms. The van der Waals surface area contributed by atoms with Gasteiger partial charge >= 0.3 is 0 Å². The standard InChI is InChI=1S/C18H20N2/c1-14-7-9-16(10-8-14)19-11-12-20-13-15(2)17-5-3-4-6-18(17)20/h3-10,13,19H,11-12H2,1-2H3. The summed E-state index contributed by atoms with van der Waals surface area (Å²) in [5, 5.41) is 4.82. The number of aromatic nitrogens is 1. The number of para-hydroxylation sites is 1. The molecule has 0 aliphatic carbocycles. The average Bonchev–Trinajstić information content (AvgIpc) is 2.79. The van der Waals surface area contributed by atoms with Gasteiger partial charge in [0, 0.05) is 35.9 Å². The molecule has 3 aromatic rings. The lowest BCUT2D eigenvalue weighted by atomic mass is 10.2. The molecule has 2 nitrogen and oxygen atoms in total. The van der Waals surface area contributed by atoms with Crippen molar-refractivity contribution >= 4 is 16.6 Å². The maximum absolute atomic E-state index is 3.47. The molecule has 2 heteroatoms. The highest BCUT2D eigenvalue weighted by atomic mass is 15.0. The van der Waals surface area contributed by atoms with Crippen LogP contribution in [0.2, 0.25) is 0 Å². The molecule has 0 fully saturated rings. The summed E-state index contributed by atoms with van der Waals surface area (Å²) in [6.07, 6.45) is 2.24. The van der Waals surface area contributed by atoms with Crippen molar-refractivity contribution < 1.29 is 0 Å². The fourth-order valence-corrected chi connectivity index (χ4v) is 2.61. The number of nitrogens with one attached hydrogen (secondary N) is 1. The first-order valence-electron chi connectivity index (χ1n) is 7.09. The Labute approximate surface area is 120 Å². The van der Waals surface area contributed by atoms with Crippen LogP contribution in [0.25, 0.3) is 10.9 Å². The predicted molar refractivity (Wildman–Crippen MR) is 86.3 cm³/mol. The lowest BCUT2D eigenvalue weighted by Crippen LogP contribution is -2.09. The molecular formula is C18H20N2. The Balaban J connectivity index is 1.70. The van der Waals surface area contributed by atoms with Gasteiger partial charge in [0.2, 0.25) is 0 Å². The molecule has 102 valence electrons.